The van der Waals surface area contributed by atoms with E-state index in [0.717, 1.165) is 122 Å². The third-order valence-corrected chi connectivity index (χ3v) is 13.5. The standard InChI is InChI=1S/C43H88B2O13P2/c1-11-17-21-25-29-33-36(32-28-24-20-14-4)52-40(42(44)48-7)38(15-5)54-60(47,58-51-10)56-41(43(45)49-8)39(16-6)55-59(46,57-50-9)53-37(34-30-26-22-18-12-2)35-31-27-23-19-13-3/h36-43H,11-35H2,1-10H3/t36?,38-,39-,40?,41?,42?,43?,59?,60?/m1/s1. The van der Waals surface area contributed by atoms with E-state index in [9.17, 15) is 9.13 Å². The average molecular weight is 897 g/mol. The zero-order valence-corrected chi connectivity index (χ0v) is 41.4. The summed E-state index contributed by atoms with van der Waals surface area (Å²) >= 11 is 0. The molecule has 4 radical (unpaired) electrons. The van der Waals surface area contributed by atoms with Crippen LogP contribution in [-0.2, 0) is 60.6 Å². The molecule has 0 fully saturated rings. The lowest BCUT2D eigenvalue weighted by atomic mass is 9.89. The van der Waals surface area contributed by atoms with E-state index < -0.39 is 58.2 Å². The Morgan fingerprint density at radius 3 is 1.12 bits per heavy atom. The summed E-state index contributed by atoms with van der Waals surface area (Å²) in [5.41, 5.74) is 0. The van der Waals surface area contributed by atoms with Crippen molar-refractivity contribution >= 4 is 31.3 Å². The lowest BCUT2D eigenvalue weighted by Gasteiger charge is -2.37. The Morgan fingerprint density at radius 1 is 0.417 bits per heavy atom. The Kier molecular flexibility index (Phi) is 38.5. The number of phosphoric acid groups is 2. The molecular formula is C43H88B2O13P2. The lowest BCUT2D eigenvalue weighted by molar-refractivity contribution is -0.220. The van der Waals surface area contributed by atoms with Gasteiger partial charge in [-0.05, 0) is 38.5 Å². The zero-order chi connectivity index (χ0) is 45.1. The number of phosphoric ester groups is 2. The second kappa shape index (κ2) is 38.4. The summed E-state index contributed by atoms with van der Waals surface area (Å²) in [6, 6.07) is -2.21. The second-order valence-electron chi connectivity index (χ2n) is 15.9. The Balaban J connectivity index is 6.55. The molecular weight excluding hydrogens is 808 g/mol. The summed E-state index contributed by atoms with van der Waals surface area (Å²) < 4.78 is 82.0. The molecule has 0 rings (SSSR count). The van der Waals surface area contributed by atoms with Gasteiger partial charge in [0.15, 0.2) is 0 Å². The Bertz CT molecular complexity index is 1050. The van der Waals surface area contributed by atoms with Crippen LogP contribution in [0.15, 0.2) is 0 Å². The smallest absolute Gasteiger partial charge is 0.389 e. The number of hydrogen-bond acceptors (Lipinski definition) is 13. The van der Waals surface area contributed by atoms with Gasteiger partial charge in [-0.1, -0.05) is 164 Å². The van der Waals surface area contributed by atoms with Crippen molar-refractivity contribution in [2.75, 3.05) is 28.4 Å². The third kappa shape index (κ3) is 27.5. The van der Waals surface area contributed by atoms with Crippen LogP contribution in [0.25, 0.3) is 0 Å². The van der Waals surface area contributed by atoms with Crippen LogP contribution in [0, 0.1) is 0 Å². The number of ether oxygens (including phenoxy) is 3. The molecule has 0 saturated carbocycles. The molecule has 0 aliphatic heterocycles. The van der Waals surface area contributed by atoms with Crippen LogP contribution in [0.2, 0.25) is 0 Å². The van der Waals surface area contributed by atoms with Gasteiger partial charge in [-0.3, -0.25) is 18.1 Å². The first-order chi connectivity index (χ1) is 28.9. The Hall–Kier alpha value is 0.150. The third-order valence-electron chi connectivity index (χ3n) is 10.7. The van der Waals surface area contributed by atoms with Crippen molar-refractivity contribution in [2.24, 2.45) is 0 Å². The molecule has 0 amide bonds. The van der Waals surface area contributed by atoms with Gasteiger partial charge in [-0.2, -0.15) is 0 Å². The minimum Gasteiger partial charge on any atom is -0.389 e. The van der Waals surface area contributed by atoms with Crippen molar-refractivity contribution < 1.29 is 60.6 Å². The topological polar surface area (TPSA) is 136 Å². The fourth-order valence-corrected chi connectivity index (χ4v) is 10.1. The second-order valence-corrected chi connectivity index (χ2v) is 18.8. The quantitative estimate of drug-likeness (QED) is 0.0189. The largest absolute Gasteiger partial charge is 0.502 e. The molecule has 0 aliphatic carbocycles. The summed E-state index contributed by atoms with van der Waals surface area (Å²) in [7, 11) is 9.06. The molecule has 7 unspecified atom stereocenters. The molecule has 0 heterocycles. The molecule has 9 atom stereocenters. The maximum Gasteiger partial charge on any atom is 0.502 e. The highest BCUT2D eigenvalue weighted by atomic mass is 31.2. The van der Waals surface area contributed by atoms with Crippen LogP contribution in [0.4, 0.5) is 0 Å². The molecule has 0 aromatic heterocycles. The van der Waals surface area contributed by atoms with Gasteiger partial charge in [-0.25, -0.2) is 18.9 Å². The predicted molar refractivity (Wildman–Crippen MR) is 242 cm³/mol. The van der Waals surface area contributed by atoms with Gasteiger partial charge in [0.2, 0.25) is 0 Å². The SMILES string of the molecule is [B]C(OC)C(OP(=O)(OOC)O[C@H](CC)C(OC(CCCCCC)CCCCCCC)C([B])OC)[C@@H](CC)OP(=O)(OOC)OC(CCCCCCC)CCCCCCC. The van der Waals surface area contributed by atoms with Crippen molar-refractivity contribution in [3.63, 3.8) is 0 Å². The van der Waals surface area contributed by atoms with E-state index in [4.69, 9.17) is 67.1 Å². The van der Waals surface area contributed by atoms with E-state index in [1.807, 2.05) is 6.92 Å². The fraction of sp³-hybridized carbons (Fsp3) is 1.00. The monoisotopic (exact) mass is 897 g/mol. The van der Waals surface area contributed by atoms with E-state index in [0.29, 0.717) is 19.3 Å². The average Bonchev–Trinajstić information content (AvgIpc) is 3.23. The van der Waals surface area contributed by atoms with Gasteiger partial charge in [0.05, 0.1) is 38.6 Å². The highest BCUT2D eigenvalue weighted by molar-refractivity contribution is 7.48. The Labute approximate surface area is 370 Å². The van der Waals surface area contributed by atoms with Gasteiger partial charge in [0.25, 0.3) is 0 Å². The van der Waals surface area contributed by atoms with E-state index >= 15 is 0 Å². The highest BCUT2D eigenvalue weighted by Crippen LogP contribution is 2.57. The molecule has 0 saturated heterocycles. The maximum atomic E-state index is 14.7. The van der Waals surface area contributed by atoms with Crippen molar-refractivity contribution in [2.45, 2.75) is 251 Å². The van der Waals surface area contributed by atoms with Gasteiger partial charge in [0.1, 0.15) is 27.9 Å². The van der Waals surface area contributed by atoms with Crippen molar-refractivity contribution in [3.05, 3.63) is 0 Å². The molecule has 0 N–H and O–H groups in total. The first-order valence-corrected chi connectivity index (χ1v) is 26.4. The molecule has 13 nitrogen and oxygen atoms in total. The fourth-order valence-electron chi connectivity index (χ4n) is 7.16. The Morgan fingerprint density at radius 2 is 0.750 bits per heavy atom. The van der Waals surface area contributed by atoms with Gasteiger partial charge < -0.3 is 14.2 Å². The summed E-state index contributed by atoms with van der Waals surface area (Å²) in [5, 5.41) is 0. The van der Waals surface area contributed by atoms with E-state index in [1.54, 1.807) is 6.92 Å². The first-order valence-electron chi connectivity index (χ1n) is 23.5. The van der Waals surface area contributed by atoms with Crippen molar-refractivity contribution in [1.82, 2.24) is 0 Å². The normalized spacial score (nSPS) is 17.8. The molecule has 0 aromatic carbocycles. The maximum absolute atomic E-state index is 14.7. The number of hydrogen-bond donors (Lipinski definition) is 0. The van der Waals surface area contributed by atoms with Crippen molar-refractivity contribution in [1.29, 1.82) is 0 Å². The van der Waals surface area contributed by atoms with E-state index in [-0.39, 0.29) is 12.5 Å². The van der Waals surface area contributed by atoms with Crippen LogP contribution in [0.3, 0.4) is 0 Å². The van der Waals surface area contributed by atoms with Crippen LogP contribution in [-0.4, -0.2) is 92.8 Å². The summed E-state index contributed by atoms with van der Waals surface area (Å²) in [4.78, 5) is 9.87. The zero-order valence-electron chi connectivity index (χ0n) is 39.7. The van der Waals surface area contributed by atoms with E-state index in [2.05, 4.69) is 27.7 Å². The summed E-state index contributed by atoms with van der Waals surface area (Å²) in [6.45, 7) is 12.3. The van der Waals surface area contributed by atoms with Crippen LogP contribution < -0.4 is 0 Å². The van der Waals surface area contributed by atoms with Crippen molar-refractivity contribution in [3.8, 4) is 0 Å². The minimum atomic E-state index is -4.71. The number of methoxy groups -OCH3 is 2. The van der Waals surface area contributed by atoms with Gasteiger partial charge in [0, 0.05) is 26.2 Å². The lowest BCUT2D eigenvalue weighted by Crippen LogP contribution is -2.45. The van der Waals surface area contributed by atoms with Gasteiger partial charge in [-0.15, -0.1) is 9.35 Å². The molecule has 60 heavy (non-hydrogen) atoms. The van der Waals surface area contributed by atoms with Crippen LogP contribution >= 0.6 is 15.6 Å². The first kappa shape index (κ1) is 60.1. The summed E-state index contributed by atoms with van der Waals surface area (Å²) in [5.74, 6) is 0. The molecule has 17 heteroatoms. The van der Waals surface area contributed by atoms with Crippen LogP contribution in [0.1, 0.15) is 202 Å². The molecule has 0 spiro atoms. The number of unbranched alkanes of at least 4 members (excludes halogenated alkanes) is 15. The predicted octanol–water partition coefficient (Wildman–Crippen LogP) is 12.8. The van der Waals surface area contributed by atoms with Gasteiger partial charge >= 0.3 is 15.6 Å². The number of rotatable bonds is 45. The van der Waals surface area contributed by atoms with Crippen LogP contribution in [0.5, 0.6) is 0 Å². The molecule has 0 bridgehead atoms. The molecule has 0 aromatic rings. The highest BCUT2D eigenvalue weighted by Gasteiger charge is 2.46. The minimum absolute atomic E-state index is 0.130. The molecule has 354 valence electrons. The summed E-state index contributed by atoms with van der Waals surface area (Å²) in [6.07, 6.45) is 19.2. The molecule has 0 aliphatic rings. The van der Waals surface area contributed by atoms with E-state index in [1.165, 1.54) is 41.3 Å².